The van der Waals surface area contributed by atoms with Crippen LogP contribution in [-0.4, -0.2) is 32.3 Å². The summed E-state index contributed by atoms with van der Waals surface area (Å²) in [6.45, 7) is 0.478. The lowest BCUT2D eigenvalue weighted by molar-refractivity contribution is -0.116. The Balaban J connectivity index is 1.81. The summed E-state index contributed by atoms with van der Waals surface area (Å²) in [5, 5.41) is 18.7. The molecule has 3 N–H and O–H groups in total. The number of benzene rings is 1. The minimum absolute atomic E-state index is 0.181. The number of aromatic hydroxyl groups is 1. The number of nitrogens with one attached hydrogen (secondary N) is 2. The molecule has 2 rings (SSSR count). The van der Waals surface area contributed by atoms with E-state index in [0.29, 0.717) is 17.7 Å². The fraction of sp³-hybridized carbons (Fsp3) is 0.214. The molecule has 0 aliphatic heterocycles. The van der Waals surface area contributed by atoms with Gasteiger partial charge in [0.2, 0.25) is 5.91 Å². The van der Waals surface area contributed by atoms with Gasteiger partial charge >= 0.3 is 0 Å². The van der Waals surface area contributed by atoms with Crippen molar-refractivity contribution in [3.05, 3.63) is 46.5 Å². The van der Waals surface area contributed by atoms with Crippen molar-refractivity contribution in [1.29, 1.82) is 0 Å². The number of aromatic amines is 1. The van der Waals surface area contributed by atoms with Crippen LogP contribution in [0.4, 0.5) is 0 Å². The molecule has 6 nitrogen and oxygen atoms in total. The number of carbonyl (C=O) groups is 1. The third-order valence-electron chi connectivity index (χ3n) is 2.94. The summed E-state index contributed by atoms with van der Waals surface area (Å²) >= 11 is 5.01. The molecule has 0 fully saturated rings. The first-order chi connectivity index (χ1) is 10.1. The fourth-order valence-electron chi connectivity index (χ4n) is 1.72. The van der Waals surface area contributed by atoms with Gasteiger partial charge < -0.3 is 15.0 Å². The minimum atomic E-state index is -0.181. The van der Waals surface area contributed by atoms with Gasteiger partial charge in [-0.1, -0.05) is 12.1 Å². The normalized spacial score (nSPS) is 10.9. The number of nitrogens with zero attached hydrogens (tertiary/aromatic N) is 2. The highest BCUT2D eigenvalue weighted by Gasteiger charge is 2.02. The van der Waals surface area contributed by atoms with E-state index in [0.717, 1.165) is 11.4 Å². The maximum Gasteiger partial charge on any atom is 0.244 e. The van der Waals surface area contributed by atoms with Gasteiger partial charge in [-0.2, -0.15) is 5.10 Å². The van der Waals surface area contributed by atoms with Crippen LogP contribution in [0.25, 0.3) is 6.08 Å². The van der Waals surface area contributed by atoms with Crippen molar-refractivity contribution < 1.29 is 9.90 Å². The second-order valence-corrected chi connectivity index (χ2v) is 4.86. The standard InChI is InChI=1S/C14H16N4O2S/c1-18-12(16-17-14(18)21)8-9-15-13(20)7-4-10-2-5-11(19)6-3-10/h2-7,19H,8-9H2,1H3,(H,15,20)(H,17,21). The van der Waals surface area contributed by atoms with Gasteiger partial charge in [-0.25, -0.2) is 0 Å². The van der Waals surface area contributed by atoms with Crippen LogP contribution in [-0.2, 0) is 18.3 Å². The number of rotatable bonds is 5. The predicted octanol–water partition coefficient (Wildman–Crippen LogP) is 1.56. The van der Waals surface area contributed by atoms with Gasteiger partial charge in [0.1, 0.15) is 11.6 Å². The molecule has 0 spiro atoms. The molecule has 1 heterocycles. The number of H-pyrrole nitrogens is 1. The molecule has 7 heteroatoms. The van der Waals surface area contributed by atoms with E-state index in [4.69, 9.17) is 17.3 Å². The number of phenolic OH excluding ortho intramolecular Hbond substituents is 1. The van der Waals surface area contributed by atoms with Crippen LogP contribution in [0.5, 0.6) is 5.75 Å². The summed E-state index contributed by atoms with van der Waals surface area (Å²) in [5.41, 5.74) is 0.845. The zero-order valence-electron chi connectivity index (χ0n) is 11.5. The van der Waals surface area contributed by atoms with Gasteiger partial charge in [0.25, 0.3) is 0 Å². The zero-order valence-corrected chi connectivity index (χ0v) is 12.4. The Morgan fingerprint density at radius 1 is 1.48 bits per heavy atom. The molecule has 0 unspecified atom stereocenters. The van der Waals surface area contributed by atoms with E-state index in [1.54, 1.807) is 34.9 Å². The molecule has 21 heavy (non-hydrogen) atoms. The molecule has 0 aliphatic rings. The largest absolute Gasteiger partial charge is 0.508 e. The summed E-state index contributed by atoms with van der Waals surface area (Å²) in [4.78, 5) is 11.7. The SMILES string of the molecule is Cn1c(CCNC(=O)C=Cc2ccc(O)cc2)n[nH]c1=S. The van der Waals surface area contributed by atoms with Gasteiger partial charge in [0.15, 0.2) is 4.77 Å². The van der Waals surface area contributed by atoms with E-state index >= 15 is 0 Å². The van der Waals surface area contributed by atoms with Crippen LogP contribution in [0, 0.1) is 4.77 Å². The summed E-state index contributed by atoms with van der Waals surface area (Å²) in [5.74, 6) is 0.812. The molecular formula is C14H16N4O2S. The van der Waals surface area contributed by atoms with Gasteiger partial charge in [-0.05, 0) is 36.0 Å². The van der Waals surface area contributed by atoms with Gasteiger partial charge in [0, 0.05) is 26.1 Å². The Morgan fingerprint density at radius 2 is 2.19 bits per heavy atom. The number of carbonyl (C=O) groups excluding carboxylic acids is 1. The molecule has 0 radical (unpaired) electrons. The van der Waals surface area contributed by atoms with E-state index in [9.17, 15) is 4.79 Å². The van der Waals surface area contributed by atoms with E-state index in [1.807, 2.05) is 7.05 Å². The second-order valence-electron chi connectivity index (χ2n) is 4.47. The van der Waals surface area contributed by atoms with Crippen molar-refractivity contribution in [2.75, 3.05) is 6.54 Å². The first kappa shape index (κ1) is 15.0. The molecule has 2 aromatic rings. The Kier molecular flexibility index (Phi) is 4.89. The van der Waals surface area contributed by atoms with Crippen molar-refractivity contribution in [2.45, 2.75) is 6.42 Å². The molecule has 110 valence electrons. The first-order valence-corrected chi connectivity index (χ1v) is 6.82. The average Bonchev–Trinajstić information content (AvgIpc) is 2.79. The Hall–Kier alpha value is -2.41. The van der Waals surface area contributed by atoms with Crippen LogP contribution >= 0.6 is 12.2 Å². The summed E-state index contributed by atoms with van der Waals surface area (Å²) in [6.07, 6.45) is 3.74. The highest BCUT2D eigenvalue weighted by molar-refractivity contribution is 7.71. The number of aromatic nitrogens is 3. The summed E-state index contributed by atoms with van der Waals surface area (Å²) in [6, 6.07) is 6.60. The third-order valence-corrected chi connectivity index (χ3v) is 3.31. The van der Waals surface area contributed by atoms with E-state index in [-0.39, 0.29) is 11.7 Å². The molecule has 0 saturated carbocycles. The van der Waals surface area contributed by atoms with Crippen LogP contribution in [0.3, 0.4) is 0 Å². The average molecular weight is 304 g/mol. The van der Waals surface area contributed by atoms with Crippen molar-refractivity contribution >= 4 is 24.2 Å². The van der Waals surface area contributed by atoms with E-state index < -0.39 is 0 Å². The Labute approximate surface area is 127 Å². The monoisotopic (exact) mass is 304 g/mol. The molecular weight excluding hydrogens is 288 g/mol. The molecule has 1 aromatic carbocycles. The molecule has 1 amide bonds. The Bertz CT molecular complexity index is 701. The number of phenols is 1. The number of hydrogen-bond acceptors (Lipinski definition) is 4. The van der Waals surface area contributed by atoms with Crippen molar-refractivity contribution in [1.82, 2.24) is 20.1 Å². The molecule has 0 bridgehead atoms. The van der Waals surface area contributed by atoms with Crippen molar-refractivity contribution in [2.24, 2.45) is 7.05 Å². The lowest BCUT2D eigenvalue weighted by Gasteiger charge is -2.02. The van der Waals surface area contributed by atoms with Crippen LogP contribution in [0.2, 0.25) is 0 Å². The summed E-state index contributed by atoms with van der Waals surface area (Å²) in [7, 11) is 1.83. The molecule has 0 atom stereocenters. The highest BCUT2D eigenvalue weighted by Crippen LogP contribution is 2.10. The summed E-state index contributed by atoms with van der Waals surface area (Å²) < 4.78 is 2.33. The zero-order chi connectivity index (χ0) is 15.2. The van der Waals surface area contributed by atoms with Gasteiger partial charge in [-0.3, -0.25) is 9.89 Å². The first-order valence-electron chi connectivity index (χ1n) is 6.41. The number of hydrogen-bond donors (Lipinski definition) is 3. The maximum absolute atomic E-state index is 11.7. The molecule has 1 aromatic heterocycles. The van der Waals surface area contributed by atoms with Gasteiger partial charge in [-0.15, -0.1) is 0 Å². The lowest BCUT2D eigenvalue weighted by atomic mass is 10.2. The van der Waals surface area contributed by atoms with Crippen LogP contribution in [0.15, 0.2) is 30.3 Å². The highest BCUT2D eigenvalue weighted by atomic mass is 32.1. The molecule has 0 aliphatic carbocycles. The minimum Gasteiger partial charge on any atom is -0.508 e. The Morgan fingerprint density at radius 3 is 2.81 bits per heavy atom. The van der Waals surface area contributed by atoms with Crippen molar-refractivity contribution in [3.8, 4) is 5.75 Å². The van der Waals surface area contributed by atoms with E-state index in [1.165, 1.54) is 6.08 Å². The van der Waals surface area contributed by atoms with Gasteiger partial charge in [0.05, 0.1) is 0 Å². The lowest BCUT2D eigenvalue weighted by Crippen LogP contribution is -2.24. The second kappa shape index (κ2) is 6.85. The third kappa shape index (κ3) is 4.28. The van der Waals surface area contributed by atoms with Crippen molar-refractivity contribution in [3.63, 3.8) is 0 Å². The smallest absolute Gasteiger partial charge is 0.244 e. The predicted molar refractivity (Wildman–Crippen MR) is 82.2 cm³/mol. The quantitative estimate of drug-likeness (QED) is 0.578. The number of amides is 1. The van der Waals surface area contributed by atoms with Crippen LogP contribution < -0.4 is 5.32 Å². The molecule has 0 saturated heterocycles. The maximum atomic E-state index is 11.7. The fourth-order valence-corrected chi connectivity index (χ4v) is 1.87. The topological polar surface area (TPSA) is 82.9 Å². The van der Waals surface area contributed by atoms with Crippen LogP contribution in [0.1, 0.15) is 11.4 Å². The van der Waals surface area contributed by atoms with E-state index in [2.05, 4.69) is 15.5 Å².